The fraction of sp³-hybridized carbons (Fsp3) is 0.0667. The predicted molar refractivity (Wildman–Crippen MR) is 72.8 cm³/mol. The fourth-order valence-electron chi connectivity index (χ4n) is 2.08. The molecule has 0 bridgehead atoms. The van der Waals surface area contributed by atoms with E-state index in [2.05, 4.69) is 10.5 Å². The van der Waals surface area contributed by atoms with E-state index in [0.717, 1.165) is 12.1 Å². The first-order valence-corrected chi connectivity index (χ1v) is 6.30. The molecule has 2 aromatic rings. The van der Waals surface area contributed by atoms with Gasteiger partial charge in [-0.15, -0.1) is 0 Å². The van der Waals surface area contributed by atoms with Crippen molar-refractivity contribution in [3.63, 3.8) is 0 Å². The lowest BCUT2D eigenvalue weighted by Gasteiger charge is -2.14. The number of benzene rings is 2. The second-order valence-corrected chi connectivity index (χ2v) is 4.54. The first-order chi connectivity index (χ1) is 10.6. The Kier molecular flexibility index (Phi) is 3.54. The van der Waals surface area contributed by atoms with E-state index in [4.69, 9.17) is 4.74 Å². The molecule has 3 rings (SSSR count). The van der Waals surface area contributed by atoms with Crippen LogP contribution in [0.3, 0.4) is 0 Å². The highest BCUT2D eigenvalue weighted by molar-refractivity contribution is 6.03. The lowest BCUT2D eigenvalue weighted by molar-refractivity contribution is 0.157. The molecule has 0 aromatic heterocycles. The van der Waals surface area contributed by atoms with Gasteiger partial charge in [-0.3, -0.25) is 0 Å². The number of carbonyl (C=O) groups excluding carboxylic acids is 1. The number of carbonyl (C=O) groups is 1. The normalized spacial score (nSPS) is 14.1. The third-order valence-corrected chi connectivity index (χ3v) is 3.17. The first-order valence-electron chi connectivity index (χ1n) is 6.30. The van der Waals surface area contributed by atoms with Crippen LogP contribution < -0.4 is 5.43 Å². The second-order valence-electron chi connectivity index (χ2n) is 4.54. The van der Waals surface area contributed by atoms with Crippen LogP contribution in [-0.2, 0) is 4.74 Å². The highest BCUT2D eigenvalue weighted by atomic mass is 19.2. The zero-order chi connectivity index (χ0) is 15.7. The van der Waals surface area contributed by atoms with E-state index in [1.165, 1.54) is 24.3 Å². The number of nitrogens with zero attached hydrogens (tertiary/aromatic N) is 1. The Morgan fingerprint density at radius 1 is 1.05 bits per heavy atom. The van der Waals surface area contributed by atoms with Crippen molar-refractivity contribution in [2.75, 3.05) is 6.61 Å². The van der Waals surface area contributed by atoms with Gasteiger partial charge in [-0.25, -0.2) is 23.4 Å². The summed E-state index contributed by atoms with van der Waals surface area (Å²) in [5.74, 6) is -2.89. The van der Waals surface area contributed by atoms with E-state index in [-0.39, 0.29) is 17.7 Å². The van der Waals surface area contributed by atoms with Gasteiger partial charge in [0, 0.05) is 16.7 Å². The minimum absolute atomic E-state index is 0.0675. The molecule has 0 atom stereocenters. The molecule has 1 N–H and O–H groups in total. The van der Waals surface area contributed by atoms with Crippen molar-refractivity contribution in [3.8, 4) is 11.1 Å². The highest BCUT2D eigenvalue weighted by Crippen LogP contribution is 2.27. The maximum Gasteiger partial charge on any atom is 0.428 e. The Bertz CT molecular complexity index is 790. The topological polar surface area (TPSA) is 50.7 Å². The summed E-state index contributed by atoms with van der Waals surface area (Å²) in [6, 6.07) is 7.48. The Hall–Kier alpha value is -2.83. The molecule has 2 aromatic carbocycles. The Balaban J connectivity index is 1.99. The SMILES string of the molecule is O=C1NN=C(c2ccc(-c3cccc(F)c3F)c(F)c2)CO1. The van der Waals surface area contributed by atoms with Crippen LogP contribution in [0.25, 0.3) is 11.1 Å². The van der Waals surface area contributed by atoms with Crippen LogP contribution in [0.2, 0.25) is 0 Å². The molecule has 1 amide bonds. The van der Waals surface area contributed by atoms with E-state index in [1.807, 2.05) is 0 Å². The van der Waals surface area contributed by atoms with Crippen molar-refractivity contribution in [2.45, 2.75) is 0 Å². The minimum atomic E-state index is -1.11. The fourth-order valence-corrected chi connectivity index (χ4v) is 2.08. The molecule has 0 spiro atoms. The lowest BCUT2D eigenvalue weighted by atomic mass is 10.0. The molecule has 1 aliphatic rings. The van der Waals surface area contributed by atoms with Gasteiger partial charge in [0.25, 0.3) is 0 Å². The molecule has 0 saturated carbocycles. The highest BCUT2D eigenvalue weighted by Gasteiger charge is 2.18. The lowest BCUT2D eigenvalue weighted by Crippen LogP contribution is -2.30. The van der Waals surface area contributed by atoms with Crippen molar-refractivity contribution in [1.82, 2.24) is 5.43 Å². The first kappa shape index (κ1) is 14.1. The maximum absolute atomic E-state index is 14.2. The molecule has 0 saturated heterocycles. The monoisotopic (exact) mass is 306 g/mol. The number of hydrazone groups is 1. The summed E-state index contributed by atoms with van der Waals surface area (Å²) in [5, 5.41) is 3.75. The summed E-state index contributed by atoms with van der Waals surface area (Å²) in [7, 11) is 0. The zero-order valence-corrected chi connectivity index (χ0v) is 11.1. The molecule has 0 radical (unpaired) electrons. The van der Waals surface area contributed by atoms with Gasteiger partial charge < -0.3 is 4.74 Å². The molecule has 0 aliphatic carbocycles. The average molecular weight is 306 g/mol. The van der Waals surface area contributed by atoms with Crippen LogP contribution in [0.15, 0.2) is 41.5 Å². The number of rotatable bonds is 2. The van der Waals surface area contributed by atoms with Gasteiger partial charge in [-0.2, -0.15) is 5.10 Å². The molecule has 4 nitrogen and oxygen atoms in total. The van der Waals surface area contributed by atoms with Crippen molar-refractivity contribution >= 4 is 11.8 Å². The van der Waals surface area contributed by atoms with Gasteiger partial charge in [0.1, 0.15) is 18.1 Å². The Morgan fingerprint density at radius 2 is 1.86 bits per heavy atom. The second kappa shape index (κ2) is 5.51. The van der Waals surface area contributed by atoms with Crippen LogP contribution in [0.5, 0.6) is 0 Å². The van der Waals surface area contributed by atoms with Crippen LogP contribution >= 0.6 is 0 Å². The molecule has 0 fully saturated rings. The van der Waals surface area contributed by atoms with E-state index in [1.54, 1.807) is 0 Å². The van der Waals surface area contributed by atoms with Gasteiger partial charge in [0.15, 0.2) is 11.6 Å². The number of hydrogen-bond donors (Lipinski definition) is 1. The third kappa shape index (κ3) is 2.52. The molecular formula is C15H9F3N2O2. The number of hydrogen-bond acceptors (Lipinski definition) is 3. The van der Waals surface area contributed by atoms with Gasteiger partial charge in [-0.1, -0.05) is 24.3 Å². The number of cyclic esters (lactones) is 1. The van der Waals surface area contributed by atoms with Gasteiger partial charge in [-0.05, 0) is 12.1 Å². The summed E-state index contributed by atoms with van der Waals surface area (Å²) < 4.78 is 45.9. The summed E-state index contributed by atoms with van der Waals surface area (Å²) in [6.45, 7) is -0.0983. The number of ether oxygens (including phenoxy) is 1. The summed E-state index contributed by atoms with van der Waals surface area (Å²) in [4.78, 5) is 10.8. The molecular weight excluding hydrogens is 297 g/mol. The van der Waals surface area contributed by atoms with E-state index in [0.29, 0.717) is 11.3 Å². The summed E-state index contributed by atoms with van der Waals surface area (Å²) >= 11 is 0. The zero-order valence-electron chi connectivity index (χ0n) is 11.1. The van der Waals surface area contributed by atoms with Crippen molar-refractivity contribution in [2.24, 2.45) is 5.10 Å². The van der Waals surface area contributed by atoms with E-state index in [9.17, 15) is 18.0 Å². The van der Waals surface area contributed by atoms with Crippen molar-refractivity contribution in [1.29, 1.82) is 0 Å². The summed E-state index contributed by atoms with van der Waals surface area (Å²) in [6.07, 6.45) is -0.692. The van der Waals surface area contributed by atoms with Crippen LogP contribution in [-0.4, -0.2) is 18.4 Å². The van der Waals surface area contributed by atoms with Crippen LogP contribution in [0.1, 0.15) is 5.56 Å². The number of amides is 1. The summed E-state index contributed by atoms with van der Waals surface area (Å²) in [5.41, 5.74) is 2.57. The molecule has 112 valence electrons. The Labute approximate surface area is 123 Å². The maximum atomic E-state index is 14.2. The molecule has 1 heterocycles. The molecule has 1 aliphatic heterocycles. The van der Waals surface area contributed by atoms with Crippen molar-refractivity contribution in [3.05, 3.63) is 59.4 Å². The molecule has 22 heavy (non-hydrogen) atoms. The molecule has 7 heteroatoms. The molecule has 0 unspecified atom stereocenters. The average Bonchev–Trinajstić information content (AvgIpc) is 2.51. The largest absolute Gasteiger partial charge is 0.442 e. The number of nitrogens with one attached hydrogen (secondary N) is 1. The quantitative estimate of drug-likeness (QED) is 0.926. The van der Waals surface area contributed by atoms with Gasteiger partial charge in [0.2, 0.25) is 0 Å². The smallest absolute Gasteiger partial charge is 0.428 e. The number of halogens is 3. The standard InChI is InChI=1S/C15H9F3N2O2/c16-11-3-1-2-10(14(11)18)9-5-4-8(6-12(9)17)13-7-22-15(21)20-19-13/h1-6H,7H2,(H,20,21). The van der Waals surface area contributed by atoms with Gasteiger partial charge >= 0.3 is 6.09 Å². The third-order valence-electron chi connectivity index (χ3n) is 3.17. The van der Waals surface area contributed by atoms with E-state index < -0.39 is 23.5 Å². The predicted octanol–water partition coefficient (Wildman–Crippen LogP) is 3.21. The van der Waals surface area contributed by atoms with E-state index >= 15 is 0 Å². The van der Waals surface area contributed by atoms with Crippen LogP contribution in [0, 0.1) is 17.5 Å². The Morgan fingerprint density at radius 3 is 2.55 bits per heavy atom. The van der Waals surface area contributed by atoms with Gasteiger partial charge in [0.05, 0.1) is 0 Å². The van der Waals surface area contributed by atoms with Crippen LogP contribution in [0.4, 0.5) is 18.0 Å². The minimum Gasteiger partial charge on any atom is -0.442 e. The van der Waals surface area contributed by atoms with Crippen molar-refractivity contribution < 1.29 is 22.7 Å².